The second-order valence-corrected chi connectivity index (χ2v) is 9.74. The van der Waals surface area contributed by atoms with Crippen molar-refractivity contribution in [3.8, 4) is 5.69 Å². The predicted molar refractivity (Wildman–Crippen MR) is 125 cm³/mol. The largest absolute Gasteiger partial charge is 0.446 e. The molecule has 2 atom stereocenters. The molecular weight excluding hydrogens is 420 g/mol. The Morgan fingerprint density at radius 3 is 2.76 bits per heavy atom. The Morgan fingerprint density at radius 2 is 2.06 bits per heavy atom. The van der Waals surface area contributed by atoms with Crippen molar-refractivity contribution in [1.82, 2.24) is 34.8 Å². The summed E-state index contributed by atoms with van der Waals surface area (Å²) in [6, 6.07) is 5.93. The number of rotatable bonds is 6. The minimum atomic E-state index is -0.350. The zero-order valence-electron chi connectivity index (χ0n) is 19.8. The van der Waals surface area contributed by atoms with Gasteiger partial charge in [-0.2, -0.15) is 10.2 Å². The molecule has 10 heteroatoms. The van der Waals surface area contributed by atoms with Crippen LogP contribution in [-0.2, 0) is 10.3 Å². The molecule has 0 radical (unpaired) electrons. The van der Waals surface area contributed by atoms with Gasteiger partial charge in [0.15, 0.2) is 0 Å². The molecule has 3 aromatic rings. The quantitative estimate of drug-likeness (QED) is 0.578. The highest BCUT2D eigenvalue weighted by Crippen LogP contribution is 2.37. The Morgan fingerprint density at radius 1 is 1.24 bits per heavy atom. The van der Waals surface area contributed by atoms with E-state index in [2.05, 4.69) is 52.5 Å². The lowest BCUT2D eigenvalue weighted by molar-refractivity contribution is 0.0981. The summed E-state index contributed by atoms with van der Waals surface area (Å²) >= 11 is 0. The third kappa shape index (κ3) is 5.50. The molecule has 0 aromatic carbocycles. The molecule has 33 heavy (non-hydrogen) atoms. The number of nitrogens with zero attached hydrogens (tertiary/aromatic N) is 6. The van der Waals surface area contributed by atoms with Crippen molar-refractivity contribution >= 4 is 17.7 Å². The zero-order valence-corrected chi connectivity index (χ0v) is 19.8. The van der Waals surface area contributed by atoms with Crippen LogP contribution in [0.15, 0.2) is 37.1 Å². The SMILES string of the molecule is CC(C)NC(=O)OC1CCC(c2cc(Nc3cc(-n4cncn4)ccn3)n(C(C)(C)C)n2)C1. The summed E-state index contributed by atoms with van der Waals surface area (Å²) < 4.78 is 9.28. The van der Waals surface area contributed by atoms with Gasteiger partial charge in [-0.3, -0.25) is 0 Å². The summed E-state index contributed by atoms with van der Waals surface area (Å²) in [4.78, 5) is 20.4. The number of nitrogens with one attached hydrogen (secondary N) is 2. The van der Waals surface area contributed by atoms with Gasteiger partial charge in [0, 0.05) is 30.3 Å². The van der Waals surface area contributed by atoms with E-state index in [0.717, 1.165) is 36.5 Å². The van der Waals surface area contributed by atoms with Gasteiger partial charge in [-0.25, -0.2) is 24.1 Å². The highest BCUT2D eigenvalue weighted by atomic mass is 16.6. The third-order valence-electron chi connectivity index (χ3n) is 5.53. The van der Waals surface area contributed by atoms with Crippen LogP contribution in [0.3, 0.4) is 0 Å². The van der Waals surface area contributed by atoms with Crippen LogP contribution in [0.25, 0.3) is 5.69 Å². The van der Waals surface area contributed by atoms with Crippen molar-refractivity contribution in [2.45, 2.75) is 77.5 Å². The normalized spacial score (nSPS) is 18.5. The zero-order chi connectivity index (χ0) is 23.6. The van der Waals surface area contributed by atoms with Crippen LogP contribution in [0.4, 0.5) is 16.4 Å². The molecule has 1 amide bonds. The van der Waals surface area contributed by atoms with Gasteiger partial charge in [-0.05, 0) is 59.9 Å². The van der Waals surface area contributed by atoms with Gasteiger partial charge in [0.2, 0.25) is 0 Å². The van der Waals surface area contributed by atoms with E-state index in [4.69, 9.17) is 9.84 Å². The number of ether oxygens (including phenoxy) is 1. The van der Waals surface area contributed by atoms with Gasteiger partial charge < -0.3 is 15.4 Å². The first-order chi connectivity index (χ1) is 15.7. The van der Waals surface area contributed by atoms with Crippen LogP contribution in [0.2, 0.25) is 0 Å². The van der Waals surface area contributed by atoms with Crippen molar-refractivity contribution in [2.24, 2.45) is 0 Å². The number of hydrogen-bond acceptors (Lipinski definition) is 7. The van der Waals surface area contributed by atoms with Crippen molar-refractivity contribution in [3.63, 3.8) is 0 Å². The Hall–Kier alpha value is -3.43. The highest BCUT2D eigenvalue weighted by molar-refractivity contribution is 5.67. The monoisotopic (exact) mass is 452 g/mol. The molecule has 4 rings (SSSR count). The fraction of sp³-hybridized carbons (Fsp3) is 0.522. The van der Waals surface area contributed by atoms with Gasteiger partial charge in [-0.1, -0.05) is 0 Å². The molecule has 3 heterocycles. The molecule has 1 fully saturated rings. The number of hydrogen-bond donors (Lipinski definition) is 2. The fourth-order valence-electron chi connectivity index (χ4n) is 4.04. The average molecular weight is 453 g/mol. The van der Waals surface area contributed by atoms with Gasteiger partial charge in [0.25, 0.3) is 0 Å². The van der Waals surface area contributed by atoms with E-state index in [9.17, 15) is 4.79 Å². The summed E-state index contributed by atoms with van der Waals surface area (Å²) in [6.45, 7) is 10.2. The molecule has 2 unspecified atom stereocenters. The number of aromatic nitrogens is 6. The van der Waals surface area contributed by atoms with E-state index < -0.39 is 0 Å². The maximum Gasteiger partial charge on any atom is 0.407 e. The minimum Gasteiger partial charge on any atom is -0.446 e. The Labute approximate surface area is 193 Å². The van der Waals surface area contributed by atoms with Gasteiger partial charge >= 0.3 is 6.09 Å². The standard InChI is InChI=1S/C23H32N8O2/c1-15(2)27-22(32)33-18-7-6-16(10-18)19-12-21(31(29-19)23(3,4)5)28-20-11-17(8-9-25-20)30-14-24-13-26-30/h8-9,11-16,18H,6-7,10H2,1-5H3,(H,25,28)(H,27,32). The fourth-order valence-corrected chi connectivity index (χ4v) is 4.04. The molecule has 0 bridgehead atoms. The molecule has 1 aliphatic carbocycles. The molecule has 176 valence electrons. The highest BCUT2D eigenvalue weighted by Gasteiger charge is 2.32. The van der Waals surface area contributed by atoms with Crippen molar-refractivity contribution in [3.05, 3.63) is 42.7 Å². The topological polar surface area (TPSA) is 112 Å². The summed E-state index contributed by atoms with van der Waals surface area (Å²) in [6.07, 6.45) is 6.98. The Kier molecular flexibility index (Phi) is 6.35. The van der Waals surface area contributed by atoms with Crippen LogP contribution in [-0.4, -0.2) is 47.8 Å². The summed E-state index contributed by atoms with van der Waals surface area (Å²) in [7, 11) is 0. The molecule has 0 aliphatic heterocycles. The Bertz CT molecular complexity index is 1080. The first-order valence-corrected chi connectivity index (χ1v) is 11.3. The minimum absolute atomic E-state index is 0.0579. The van der Waals surface area contributed by atoms with E-state index >= 15 is 0 Å². The predicted octanol–water partition coefficient (Wildman–Crippen LogP) is 4.13. The van der Waals surface area contributed by atoms with Crippen molar-refractivity contribution in [2.75, 3.05) is 5.32 Å². The summed E-state index contributed by atoms with van der Waals surface area (Å²) in [5, 5.41) is 15.3. The van der Waals surface area contributed by atoms with E-state index in [1.807, 2.05) is 30.7 Å². The van der Waals surface area contributed by atoms with E-state index in [1.54, 1.807) is 17.2 Å². The number of carbonyl (C=O) groups is 1. The van der Waals surface area contributed by atoms with Crippen LogP contribution in [0, 0.1) is 0 Å². The number of anilines is 2. The number of carbonyl (C=O) groups excluding carboxylic acids is 1. The van der Waals surface area contributed by atoms with E-state index in [0.29, 0.717) is 5.82 Å². The molecule has 10 nitrogen and oxygen atoms in total. The number of amides is 1. The molecule has 0 saturated heterocycles. The maximum atomic E-state index is 12.0. The molecule has 1 aliphatic rings. The van der Waals surface area contributed by atoms with Crippen LogP contribution < -0.4 is 10.6 Å². The molecular formula is C23H32N8O2. The van der Waals surface area contributed by atoms with Gasteiger partial charge in [-0.15, -0.1) is 0 Å². The first kappa shape index (κ1) is 22.8. The smallest absolute Gasteiger partial charge is 0.407 e. The summed E-state index contributed by atoms with van der Waals surface area (Å²) in [5.41, 5.74) is 1.63. The van der Waals surface area contributed by atoms with Crippen LogP contribution >= 0.6 is 0 Å². The van der Waals surface area contributed by atoms with E-state index in [-0.39, 0.29) is 29.7 Å². The van der Waals surface area contributed by atoms with Crippen molar-refractivity contribution < 1.29 is 9.53 Å². The van der Waals surface area contributed by atoms with Crippen LogP contribution in [0.5, 0.6) is 0 Å². The molecule has 2 N–H and O–H groups in total. The van der Waals surface area contributed by atoms with Crippen molar-refractivity contribution in [1.29, 1.82) is 0 Å². The summed E-state index contributed by atoms with van der Waals surface area (Å²) in [5.74, 6) is 1.79. The second-order valence-electron chi connectivity index (χ2n) is 9.74. The average Bonchev–Trinajstić information content (AvgIpc) is 3.48. The third-order valence-corrected chi connectivity index (χ3v) is 5.53. The van der Waals surface area contributed by atoms with Gasteiger partial charge in [0.05, 0.1) is 16.9 Å². The lowest BCUT2D eigenvalue weighted by atomic mass is 10.0. The maximum absolute atomic E-state index is 12.0. The molecule has 3 aromatic heterocycles. The molecule has 1 saturated carbocycles. The molecule has 0 spiro atoms. The lowest BCUT2D eigenvalue weighted by Crippen LogP contribution is -2.33. The second kappa shape index (κ2) is 9.21. The Balaban J connectivity index is 1.52. The van der Waals surface area contributed by atoms with Gasteiger partial charge in [0.1, 0.15) is 30.4 Å². The number of pyridine rings is 1. The number of alkyl carbamates (subject to hydrolysis) is 1. The first-order valence-electron chi connectivity index (χ1n) is 11.3. The van der Waals surface area contributed by atoms with E-state index in [1.165, 1.54) is 6.33 Å². The lowest BCUT2D eigenvalue weighted by Gasteiger charge is -2.22. The van der Waals surface area contributed by atoms with Crippen LogP contribution in [0.1, 0.15) is 65.5 Å².